The maximum atomic E-state index is 13.5. The van der Waals surface area contributed by atoms with Crippen molar-refractivity contribution in [2.24, 2.45) is 0 Å². The van der Waals surface area contributed by atoms with Gasteiger partial charge in [-0.3, -0.25) is 0 Å². The molecule has 0 bridgehead atoms. The Morgan fingerprint density at radius 3 is 1.86 bits per heavy atom. The molecular weight excluding hydrogens is 366 g/mol. The van der Waals surface area contributed by atoms with Gasteiger partial charge in [-0.2, -0.15) is 8.78 Å². The summed E-state index contributed by atoms with van der Waals surface area (Å²) in [4.78, 5) is 0. The Morgan fingerprint density at radius 1 is 0.810 bits per heavy atom. The van der Waals surface area contributed by atoms with Gasteiger partial charge in [0.25, 0.3) is 0 Å². The Kier molecular flexibility index (Phi) is 4.46. The highest BCUT2D eigenvalue weighted by atomic mass is 79.9. The zero-order valence-corrected chi connectivity index (χ0v) is 11.6. The van der Waals surface area contributed by atoms with Gasteiger partial charge in [0.05, 0.1) is 0 Å². The molecule has 0 spiro atoms. The van der Waals surface area contributed by atoms with Gasteiger partial charge in [0.15, 0.2) is 5.75 Å². The number of rotatable bonds is 3. The fourth-order valence-electron chi connectivity index (χ4n) is 1.50. The SMILES string of the molecule is Fc1cc(Br)ccc1COc1c(F)c(F)c(F)c(F)c1F. The van der Waals surface area contributed by atoms with Crippen LogP contribution in [0.25, 0.3) is 0 Å². The van der Waals surface area contributed by atoms with Crippen molar-refractivity contribution in [2.75, 3.05) is 0 Å². The van der Waals surface area contributed by atoms with Crippen LogP contribution in [-0.2, 0) is 6.61 Å². The lowest BCUT2D eigenvalue weighted by Crippen LogP contribution is -2.07. The Bertz CT molecular complexity index is 675. The molecule has 2 aromatic rings. The van der Waals surface area contributed by atoms with Crippen molar-refractivity contribution in [3.8, 4) is 5.75 Å². The predicted octanol–water partition coefficient (Wildman–Crippen LogP) is 4.86. The average Bonchev–Trinajstić information content (AvgIpc) is 2.45. The molecule has 0 aromatic heterocycles. The van der Waals surface area contributed by atoms with E-state index in [-0.39, 0.29) is 5.56 Å². The average molecular weight is 371 g/mol. The van der Waals surface area contributed by atoms with Crippen molar-refractivity contribution >= 4 is 15.9 Å². The van der Waals surface area contributed by atoms with E-state index in [1.54, 1.807) is 0 Å². The van der Waals surface area contributed by atoms with Crippen LogP contribution in [-0.4, -0.2) is 0 Å². The fourth-order valence-corrected chi connectivity index (χ4v) is 1.83. The number of ether oxygens (including phenoxy) is 1. The van der Waals surface area contributed by atoms with E-state index in [4.69, 9.17) is 0 Å². The zero-order chi connectivity index (χ0) is 15.7. The second-order valence-electron chi connectivity index (χ2n) is 3.92. The summed E-state index contributed by atoms with van der Waals surface area (Å²) in [5, 5.41) is 0. The van der Waals surface area contributed by atoms with Crippen LogP contribution in [0.5, 0.6) is 5.75 Å². The highest BCUT2D eigenvalue weighted by molar-refractivity contribution is 9.10. The Balaban J connectivity index is 2.32. The third kappa shape index (κ3) is 2.99. The lowest BCUT2D eigenvalue weighted by molar-refractivity contribution is 0.250. The van der Waals surface area contributed by atoms with E-state index in [0.717, 1.165) is 6.07 Å². The van der Waals surface area contributed by atoms with E-state index in [9.17, 15) is 26.3 Å². The summed E-state index contributed by atoms with van der Waals surface area (Å²) in [6, 6.07) is 3.74. The maximum absolute atomic E-state index is 13.5. The Hall–Kier alpha value is -1.70. The number of hydrogen-bond acceptors (Lipinski definition) is 1. The molecular formula is C13H5BrF6O. The van der Waals surface area contributed by atoms with Crippen LogP contribution in [0.15, 0.2) is 22.7 Å². The predicted molar refractivity (Wildman–Crippen MR) is 64.7 cm³/mol. The Labute approximate surface area is 123 Å². The van der Waals surface area contributed by atoms with Gasteiger partial charge in [-0.25, -0.2) is 17.6 Å². The third-order valence-corrected chi connectivity index (χ3v) is 3.05. The van der Waals surface area contributed by atoms with Gasteiger partial charge in [0.2, 0.25) is 29.1 Å². The van der Waals surface area contributed by atoms with Crippen molar-refractivity contribution < 1.29 is 31.1 Å². The fraction of sp³-hybridized carbons (Fsp3) is 0.0769. The molecule has 2 aromatic carbocycles. The standard InChI is InChI=1S/C13H5BrF6O/c14-6-2-1-5(7(15)3-6)4-21-13-11(19)9(17)8(16)10(18)12(13)20/h1-3H,4H2. The summed E-state index contributed by atoms with van der Waals surface area (Å²) in [5.74, 6) is -13.0. The summed E-state index contributed by atoms with van der Waals surface area (Å²) in [5.41, 5.74) is -0.109. The smallest absolute Gasteiger partial charge is 0.207 e. The van der Waals surface area contributed by atoms with Crippen molar-refractivity contribution in [1.29, 1.82) is 0 Å². The maximum Gasteiger partial charge on any atom is 0.207 e. The van der Waals surface area contributed by atoms with E-state index < -0.39 is 47.3 Å². The summed E-state index contributed by atoms with van der Waals surface area (Å²) < 4.78 is 83.8. The lowest BCUT2D eigenvalue weighted by atomic mass is 10.2. The summed E-state index contributed by atoms with van der Waals surface area (Å²) in [6.07, 6.45) is 0. The first-order valence-electron chi connectivity index (χ1n) is 5.41. The molecule has 21 heavy (non-hydrogen) atoms. The first-order valence-corrected chi connectivity index (χ1v) is 6.20. The molecule has 0 N–H and O–H groups in total. The number of benzene rings is 2. The molecule has 2 rings (SSSR count). The molecule has 0 aliphatic heterocycles. The molecule has 8 heteroatoms. The molecule has 0 fully saturated rings. The summed E-state index contributed by atoms with van der Waals surface area (Å²) >= 11 is 3.00. The molecule has 0 aliphatic carbocycles. The topological polar surface area (TPSA) is 9.23 Å². The van der Waals surface area contributed by atoms with Gasteiger partial charge in [0, 0.05) is 10.0 Å². The summed E-state index contributed by atoms with van der Waals surface area (Å²) in [7, 11) is 0. The van der Waals surface area contributed by atoms with Gasteiger partial charge < -0.3 is 4.74 Å². The molecule has 0 aliphatic rings. The first-order chi connectivity index (χ1) is 9.82. The monoisotopic (exact) mass is 370 g/mol. The molecule has 0 saturated carbocycles. The molecule has 0 radical (unpaired) electrons. The van der Waals surface area contributed by atoms with E-state index in [1.165, 1.54) is 12.1 Å². The van der Waals surface area contributed by atoms with Crippen LogP contribution in [0.3, 0.4) is 0 Å². The molecule has 112 valence electrons. The molecule has 0 saturated heterocycles. The minimum Gasteiger partial charge on any atom is -0.483 e. The highest BCUT2D eigenvalue weighted by Gasteiger charge is 2.27. The molecule has 0 heterocycles. The second-order valence-corrected chi connectivity index (χ2v) is 4.84. The van der Waals surface area contributed by atoms with Crippen LogP contribution in [0.4, 0.5) is 26.3 Å². The van der Waals surface area contributed by atoms with Crippen LogP contribution in [0.1, 0.15) is 5.56 Å². The zero-order valence-electron chi connectivity index (χ0n) is 9.99. The van der Waals surface area contributed by atoms with Crippen molar-refractivity contribution in [1.82, 2.24) is 0 Å². The first kappa shape index (κ1) is 15.7. The summed E-state index contributed by atoms with van der Waals surface area (Å²) in [6.45, 7) is -0.697. The third-order valence-electron chi connectivity index (χ3n) is 2.56. The minimum atomic E-state index is -2.29. The molecule has 0 amide bonds. The van der Waals surface area contributed by atoms with Crippen molar-refractivity contribution in [3.05, 3.63) is 63.1 Å². The lowest BCUT2D eigenvalue weighted by Gasteiger charge is -2.11. The highest BCUT2D eigenvalue weighted by Crippen LogP contribution is 2.30. The van der Waals surface area contributed by atoms with Gasteiger partial charge in [0.1, 0.15) is 12.4 Å². The van der Waals surface area contributed by atoms with Crippen molar-refractivity contribution in [2.45, 2.75) is 6.61 Å². The van der Waals surface area contributed by atoms with Gasteiger partial charge >= 0.3 is 0 Å². The normalized spacial score (nSPS) is 10.8. The van der Waals surface area contributed by atoms with Gasteiger partial charge in [-0.1, -0.05) is 22.0 Å². The van der Waals surface area contributed by atoms with Gasteiger partial charge in [-0.15, -0.1) is 0 Å². The Morgan fingerprint density at radius 2 is 1.33 bits per heavy atom. The minimum absolute atomic E-state index is 0.109. The van der Waals surface area contributed by atoms with E-state index >= 15 is 0 Å². The molecule has 1 nitrogen and oxygen atoms in total. The van der Waals surface area contributed by atoms with Crippen molar-refractivity contribution in [3.63, 3.8) is 0 Å². The van der Waals surface area contributed by atoms with E-state index in [1.807, 2.05) is 0 Å². The molecule has 0 unspecified atom stereocenters. The molecule has 0 atom stereocenters. The van der Waals surface area contributed by atoms with Crippen LogP contribution in [0, 0.1) is 34.9 Å². The number of halogens is 7. The number of hydrogen-bond donors (Lipinski definition) is 0. The van der Waals surface area contributed by atoms with Crippen LogP contribution in [0.2, 0.25) is 0 Å². The van der Waals surface area contributed by atoms with E-state index in [2.05, 4.69) is 20.7 Å². The van der Waals surface area contributed by atoms with Crippen LogP contribution < -0.4 is 4.74 Å². The second kappa shape index (κ2) is 5.97. The van der Waals surface area contributed by atoms with Crippen LogP contribution >= 0.6 is 15.9 Å². The van der Waals surface area contributed by atoms with E-state index in [0.29, 0.717) is 4.47 Å². The largest absolute Gasteiger partial charge is 0.483 e. The quantitative estimate of drug-likeness (QED) is 0.425. The van der Waals surface area contributed by atoms with Gasteiger partial charge in [-0.05, 0) is 12.1 Å².